The van der Waals surface area contributed by atoms with Crippen LogP contribution in [0.15, 0.2) is 42.5 Å². The summed E-state index contributed by atoms with van der Waals surface area (Å²) < 4.78 is 33.7. The van der Waals surface area contributed by atoms with Gasteiger partial charge in [0.15, 0.2) is 0 Å². The summed E-state index contributed by atoms with van der Waals surface area (Å²) >= 11 is 0. The Hall–Kier alpha value is -0.970. The highest BCUT2D eigenvalue weighted by molar-refractivity contribution is 7.48. The molecule has 0 saturated carbocycles. The van der Waals surface area contributed by atoms with E-state index >= 15 is 0 Å². The predicted molar refractivity (Wildman–Crippen MR) is 79.9 cm³/mol. The van der Waals surface area contributed by atoms with Crippen molar-refractivity contribution in [3.63, 3.8) is 0 Å². The van der Waals surface area contributed by atoms with E-state index in [4.69, 9.17) is 18.3 Å². The Morgan fingerprint density at radius 2 is 2.00 bits per heavy atom. The summed E-state index contributed by atoms with van der Waals surface area (Å²) in [5.41, 5.74) is 0.362. The highest BCUT2D eigenvalue weighted by Gasteiger charge is 2.37. The highest BCUT2D eigenvalue weighted by atomic mass is 31.2. The second-order valence-corrected chi connectivity index (χ2v) is 6.98. The Morgan fingerprint density at radius 1 is 1.29 bits per heavy atom. The number of ether oxygens (including phenoxy) is 1. The van der Waals surface area contributed by atoms with Crippen LogP contribution in [0.5, 0.6) is 0 Å². The van der Waals surface area contributed by atoms with Gasteiger partial charge in [0.1, 0.15) is 6.10 Å². The third-order valence-corrected chi connectivity index (χ3v) is 4.61. The summed E-state index contributed by atoms with van der Waals surface area (Å²) in [6.07, 6.45) is 3.13. The molecule has 0 radical (unpaired) electrons. The number of hydrogen-bond donors (Lipinski definition) is 0. The predicted octanol–water partition coefficient (Wildman–Crippen LogP) is 3.71. The second-order valence-electron chi connectivity index (χ2n) is 5.33. The van der Waals surface area contributed by atoms with Crippen molar-refractivity contribution in [3.8, 4) is 0 Å². The van der Waals surface area contributed by atoms with E-state index < -0.39 is 19.5 Å². The zero-order valence-electron chi connectivity index (χ0n) is 12.5. The fourth-order valence-corrected chi connectivity index (χ4v) is 3.22. The Kier molecular flexibility index (Phi) is 5.36. The Labute approximate surface area is 125 Å². The van der Waals surface area contributed by atoms with Crippen molar-refractivity contribution in [2.24, 2.45) is 0 Å². The van der Waals surface area contributed by atoms with Crippen molar-refractivity contribution in [2.45, 2.75) is 32.2 Å². The van der Waals surface area contributed by atoms with Gasteiger partial charge in [0.2, 0.25) is 0 Å². The van der Waals surface area contributed by atoms with E-state index in [0.29, 0.717) is 6.61 Å². The minimum Gasteiger partial charge on any atom is -0.374 e. The molecule has 0 bridgehead atoms. The molecular formula is C15H21O5P. The van der Waals surface area contributed by atoms with Gasteiger partial charge in [-0.1, -0.05) is 42.5 Å². The van der Waals surface area contributed by atoms with E-state index in [-0.39, 0.29) is 6.61 Å². The van der Waals surface area contributed by atoms with Crippen LogP contribution in [0.25, 0.3) is 0 Å². The zero-order valence-corrected chi connectivity index (χ0v) is 13.4. The Balaban J connectivity index is 1.94. The van der Waals surface area contributed by atoms with Crippen molar-refractivity contribution in [1.29, 1.82) is 0 Å². The van der Waals surface area contributed by atoms with E-state index in [0.717, 1.165) is 5.56 Å². The summed E-state index contributed by atoms with van der Waals surface area (Å²) in [5, 5.41) is 0. The van der Waals surface area contributed by atoms with Gasteiger partial charge in [-0.25, -0.2) is 4.57 Å². The van der Waals surface area contributed by atoms with Crippen molar-refractivity contribution >= 4 is 7.82 Å². The van der Waals surface area contributed by atoms with Gasteiger partial charge >= 0.3 is 7.82 Å². The maximum atomic E-state index is 12.3. The molecular weight excluding hydrogens is 291 g/mol. The van der Waals surface area contributed by atoms with Crippen LogP contribution >= 0.6 is 7.82 Å². The molecule has 6 heteroatoms. The van der Waals surface area contributed by atoms with Crippen molar-refractivity contribution in [2.75, 3.05) is 13.7 Å². The minimum atomic E-state index is -3.57. The zero-order chi connectivity index (χ0) is 15.3. The highest BCUT2D eigenvalue weighted by Crippen LogP contribution is 2.54. The first-order chi connectivity index (χ1) is 9.92. The number of phosphoric acid groups is 1. The molecule has 116 valence electrons. The van der Waals surface area contributed by atoms with Crippen LogP contribution in [-0.4, -0.2) is 25.4 Å². The SMILES string of the molecule is COP1(=O)O[C@H](COCc2ccccc2)C=CC(C)(C)O1. The lowest BCUT2D eigenvalue weighted by Crippen LogP contribution is -2.19. The molecule has 1 aromatic carbocycles. The molecule has 0 amide bonds. The normalized spacial score (nSPS) is 28.2. The van der Waals surface area contributed by atoms with Crippen LogP contribution in [0.4, 0.5) is 0 Å². The third kappa shape index (κ3) is 5.06. The smallest absolute Gasteiger partial charge is 0.374 e. The van der Waals surface area contributed by atoms with Gasteiger partial charge in [0.05, 0.1) is 18.8 Å². The van der Waals surface area contributed by atoms with Crippen LogP contribution in [0, 0.1) is 0 Å². The molecule has 1 unspecified atom stereocenters. The van der Waals surface area contributed by atoms with Crippen LogP contribution in [0.3, 0.4) is 0 Å². The first kappa shape index (κ1) is 16.4. The lowest BCUT2D eigenvalue weighted by molar-refractivity contribution is 0.0255. The monoisotopic (exact) mass is 312 g/mol. The number of phosphoric ester groups is 1. The van der Waals surface area contributed by atoms with Crippen molar-refractivity contribution in [1.82, 2.24) is 0 Å². The summed E-state index contributed by atoms with van der Waals surface area (Å²) in [4.78, 5) is 0. The number of rotatable bonds is 5. The first-order valence-electron chi connectivity index (χ1n) is 6.78. The molecule has 1 aliphatic heterocycles. The summed E-state index contributed by atoms with van der Waals surface area (Å²) in [5.74, 6) is 0. The molecule has 2 rings (SSSR count). The molecule has 0 aromatic heterocycles. The molecule has 0 spiro atoms. The molecule has 5 nitrogen and oxygen atoms in total. The lowest BCUT2D eigenvalue weighted by atomic mass is 10.1. The topological polar surface area (TPSA) is 54.0 Å². The minimum absolute atomic E-state index is 0.276. The maximum absolute atomic E-state index is 12.3. The molecule has 2 atom stereocenters. The van der Waals surface area contributed by atoms with Gasteiger partial charge in [-0.15, -0.1) is 0 Å². The van der Waals surface area contributed by atoms with E-state index in [2.05, 4.69) is 0 Å². The first-order valence-corrected chi connectivity index (χ1v) is 8.24. The van der Waals surface area contributed by atoms with E-state index in [9.17, 15) is 4.57 Å². The molecule has 1 aliphatic rings. The maximum Gasteiger partial charge on any atom is 0.476 e. The molecule has 0 saturated heterocycles. The fraction of sp³-hybridized carbons (Fsp3) is 0.467. The molecule has 21 heavy (non-hydrogen) atoms. The molecule has 0 aliphatic carbocycles. The van der Waals surface area contributed by atoms with Crippen LogP contribution in [0.1, 0.15) is 19.4 Å². The second kappa shape index (κ2) is 6.86. The van der Waals surface area contributed by atoms with Gasteiger partial charge in [-0.2, -0.15) is 0 Å². The Morgan fingerprint density at radius 3 is 2.67 bits per heavy atom. The van der Waals surface area contributed by atoms with Gasteiger partial charge in [-0.3, -0.25) is 13.6 Å². The standard InChI is InChI=1S/C15H21O5P/c1-15(2)10-9-14(19-21(16,17-3)20-15)12-18-11-13-7-5-4-6-8-13/h4-10,14H,11-12H2,1-3H3/t14-,21?/m0/s1. The molecule has 0 N–H and O–H groups in total. The number of benzene rings is 1. The van der Waals surface area contributed by atoms with E-state index in [1.54, 1.807) is 19.9 Å². The van der Waals surface area contributed by atoms with Gasteiger partial charge in [-0.05, 0) is 19.4 Å². The Bertz CT molecular complexity index is 526. The van der Waals surface area contributed by atoms with Crippen molar-refractivity contribution in [3.05, 3.63) is 48.0 Å². The van der Waals surface area contributed by atoms with Gasteiger partial charge in [0, 0.05) is 7.11 Å². The van der Waals surface area contributed by atoms with Crippen LogP contribution in [-0.2, 0) is 29.5 Å². The summed E-state index contributed by atoms with van der Waals surface area (Å²) in [6.45, 7) is 4.34. The molecule has 1 aromatic rings. The summed E-state index contributed by atoms with van der Waals surface area (Å²) in [7, 11) is -2.26. The van der Waals surface area contributed by atoms with Gasteiger partial charge < -0.3 is 4.74 Å². The largest absolute Gasteiger partial charge is 0.476 e. The molecule has 0 fully saturated rings. The lowest BCUT2D eigenvalue weighted by Gasteiger charge is -2.24. The van der Waals surface area contributed by atoms with Crippen molar-refractivity contribution < 1.29 is 22.9 Å². The third-order valence-electron chi connectivity index (χ3n) is 2.94. The average Bonchev–Trinajstić information content (AvgIpc) is 2.56. The van der Waals surface area contributed by atoms with Gasteiger partial charge in [0.25, 0.3) is 0 Å². The quantitative estimate of drug-likeness (QED) is 0.613. The summed E-state index contributed by atoms with van der Waals surface area (Å²) in [6, 6.07) is 9.83. The van der Waals surface area contributed by atoms with E-state index in [1.165, 1.54) is 7.11 Å². The number of hydrogen-bond acceptors (Lipinski definition) is 5. The van der Waals surface area contributed by atoms with E-state index in [1.807, 2.05) is 36.4 Å². The van der Waals surface area contributed by atoms with Crippen LogP contribution < -0.4 is 0 Å². The van der Waals surface area contributed by atoms with Crippen LogP contribution in [0.2, 0.25) is 0 Å². The fourth-order valence-electron chi connectivity index (χ4n) is 1.91. The average molecular weight is 312 g/mol. The molecule has 1 heterocycles.